The summed E-state index contributed by atoms with van der Waals surface area (Å²) in [5.74, 6) is 0.666. The van der Waals surface area contributed by atoms with Gasteiger partial charge in [0.15, 0.2) is 5.76 Å². The van der Waals surface area contributed by atoms with Crippen molar-refractivity contribution in [1.29, 1.82) is 0 Å². The average molecular weight is 330 g/mol. The van der Waals surface area contributed by atoms with E-state index in [1.807, 2.05) is 18.2 Å². The second-order valence-electron chi connectivity index (χ2n) is 4.42. The molecule has 0 bridgehead atoms. The predicted octanol–water partition coefficient (Wildman–Crippen LogP) is 3.20. The van der Waals surface area contributed by atoms with Gasteiger partial charge in [0.2, 0.25) is 0 Å². The standard InChI is InChI=1S/C14H8BrN3O2/c15-8-3-4-11-9(6-8)14(19)16-13-7-10(17-18(11)13)12-2-1-5-20-12/h1-7H,(H,16,19). The quantitative estimate of drug-likeness (QED) is 0.583. The van der Waals surface area contributed by atoms with Crippen molar-refractivity contribution in [3.63, 3.8) is 0 Å². The fraction of sp³-hybridized carbons (Fsp3) is 0. The Balaban J connectivity index is 2.12. The minimum atomic E-state index is -0.139. The van der Waals surface area contributed by atoms with Crippen molar-refractivity contribution in [2.45, 2.75) is 0 Å². The summed E-state index contributed by atoms with van der Waals surface area (Å²) in [5, 5.41) is 5.08. The van der Waals surface area contributed by atoms with E-state index < -0.39 is 0 Å². The highest BCUT2D eigenvalue weighted by atomic mass is 79.9. The Morgan fingerprint density at radius 3 is 2.95 bits per heavy atom. The van der Waals surface area contributed by atoms with E-state index in [2.05, 4.69) is 26.0 Å². The molecule has 1 aromatic carbocycles. The largest absolute Gasteiger partial charge is 0.463 e. The van der Waals surface area contributed by atoms with Gasteiger partial charge in [-0.25, -0.2) is 4.52 Å². The number of hydrogen-bond donors (Lipinski definition) is 1. The lowest BCUT2D eigenvalue weighted by Gasteiger charge is -2.01. The van der Waals surface area contributed by atoms with Crippen LogP contribution in [0.25, 0.3) is 28.0 Å². The number of nitrogens with zero attached hydrogens (tertiary/aromatic N) is 2. The molecule has 0 radical (unpaired) electrons. The molecule has 0 aliphatic carbocycles. The van der Waals surface area contributed by atoms with Gasteiger partial charge < -0.3 is 9.40 Å². The van der Waals surface area contributed by atoms with Crippen molar-refractivity contribution >= 4 is 32.5 Å². The maximum atomic E-state index is 12.1. The number of nitrogens with one attached hydrogen (secondary N) is 1. The van der Waals surface area contributed by atoms with Crippen LogP contribution in [0.15, 0.2) is 56.3 Å². The van der Waals surface area contributed by atoms with Crippen LogP contribution in [0, 0.1) is 0 Å². The summed E-state index contributed by atoms with van der Waals surface area (Å²) in [5.41, 5.74) is 1.93. The molecule has 0 atom stereocenters. The lowest BCUT2D eigenvalue weighted by atomic mass is 10.2. The number of aromatic amines is 1. The van der Waals surface area contributed by atoms with Gasteiger partial charge in [-0.05, 0) is 30.3 Å². The van der Waals surface area contributed by atoms with Gasteiger partial charge in [0, 0.05) is 10.5 Å². The van der Waals surface area contributed by atoms with Crippen LogP contribution < -0.4 is 5.56 Å². The van der Waals surface area contributed by atoms with Crippen LogP contribution in [0.1, 0.15) is 0 Å². The van der Waals surface area contributed by atoms with Gasteiger partial charge in [-0.2, -0.15) is 5.10 Å². The Hall–Kier alpha value is -2.34. The van der Waals surface area contributed by atoms with E-state index in [4.69, 9.17) is 4.42 Å². The summed E-state index contributed by atoms with van der Waals surface area (Å²) in [7, 11) is 0. The molecule has 5 nitrogen and oxygen atoms in total. The van der Waals surface area contributed by atoms with Crippen molar-refractivity contribution in [2.24, 2.45) is 0 Å². The van der Waals surface area contributed by atoms with Crippen molar-refractivity contribution in [2.75, 3.05) is 0 Å². The summed E-state index contributed by atoms with van der Waals surface area (Å²) in [4.78, 5) is 14.9. The zero-order chi connectivity index (χ0) is 13.7. The molecule has 98 valence electrons. The Labute approximate surface area is 121 Å². The molecule has 0 saturated carbocycles. The molecule has 20 heavy (non-hydrogen) atoms. The molecular formula is C14H8BrN3O2. The number of halogens is 1. The van der Waals surface area contributed by atoms with E-state index in [9.17, 15) is 4.79 Å². The van der Waals surface area contributed by atoms with Crippen LogP contribution >= 0.6 is 15.9 Å². The molecule has 0 saturated heterocycles. The van der Waals surface area contributed by atoms with E-state index in [-0.39, 0.29) is 5.56 Å². The van der Waals surface area contributed by atoms with Crippen LogP contribution in [0.5, 0.6) is 0 Å². The molecule has 6 heteroatoms. The number of hydrogen-bond acceptors (Lipinski definition) is 3. The summed E-state index contributed by atoms with van der Waals surface area (Å²) < 4.78 is 7.90. The van der Waals surface area contributed by atoms with E-state index in [0.717, 1.165) is 9.99 Å². The number of benzene rings is 1. The van der Waals surface area contributed by atoms with Crippen LogP contribution in [0.4, 0.5) is 0 Å². The zero-order valence-corrected chi connectivity index (χ0v) is 11.7. The smallest absolute Gasteiger partial charge is 0.259 e. The minimum Gasteiger partial charge on any atom is -0.463 e. The Morgan fingerprint density at radius 2 is 2.15 bits per heavy atom. The molecule has 0 fully saturated rings. The SMILES string of the molecule is O=c1[nH]c2cc(-c3ccco3)nn2c2ccc(Br)cc12. The van der Waals surface area contributed by atoms with E-state index >= 15 is 0 Å². The van der Waals surface area contributed by atoms with E-state index in [1.54, 1.807) is 29.0 Å². The zero-order valence-electron chi connectivity index (χ0n) is 10.1. The number of H-pyrrole nitrogens is 1. The van der Waals surface area contributed by atoms with Crippen molar-refractivity contribution < 1.29 is 4.42 Å². The molecule has 3 heterocycles. The predicted molar refractivity (Wildman–Crippen MR) is 78.7 cm³/mol. The van der Waals surface area contributed by atoms with Crippen molar-refractivity contribution in [3.05, 3.63) is 57.5 Å². The van der Waals surface area contributed by atoms with Gasteiger partial charge in [0.05, 0.1) is 17.2 Å². The number of aromatic nitrogens is 3. The molecule has 0 aliphatic rings. The normalized spacial score (nSPS) is 11.4. The van der Waals surface area contributed by atoms with Gasteiger partial charge in [-0.3, -0.25) is 4.79 Å². The minimum absolute atomic E-state index is 0.139. The summed E-state index contributed by atoms with van der Waals surface area (Å²) in [6, 6.07) is 11.0. The van der Waals surface area contributed by atoms with Crippen LogP contribution in [0.3, 0.4) is 0 Å². The monoisotopic (exact) mass is 329 g/mol. The molecule has 3 aromatic heterocycles. The fourth-order valence-corrected chi connectivity index (χ4v) is 2.62. The van der Waals surface area contributed by atoms with Crippen LogP contribution in [-0.2, 0) is 0 Å². The molecule has 0 amide bonds. The number of rotatable bonds is 1. The lowest BCUT2D eigenvalue weighted by Crippen LogP contribution is -2.09. The third kappa shape index (κ3) is 1.61. The van der Waals surface area contributed by atoms with Gasteiger partial charge in [0.1, 0.15) is 11.3 Å². The first-order valence-corrected chi connectivity index (χ1v) is 6.77. The molecule has 0 unspecified atom stereocenters. The first kappa shape index (κ1) is 11.5. The lowest BCUT2D eigenvalue weighted by molar-refractivity contribution is 0.579. The topological polar surface area (TPSA) is 63.3 Å². The highest BCUT2D eigenvalue weighted by Gasteiger charge is 2.11. The molecule has 0 spiro atoms. The summed E-state index contributed by atoms with van der Waals surface area (Å²) in [6.45, 7) is 0. The molecule has 4 aromatic rings. The van der Waals surface area contributed by atoms with E-state index in [1.165, 1.54) is 0 Å². The van der Waals surface area contributed by atoms with Gasteiger partial charge >= 0.3 is 0 Å². The van der Waals surface area contributed by atoms with Gasteiger partial charge in [0.25, 0.3) is 5.56 Å². The third-order valence-electron chi connectivity index (χ3n) is 3.16. The van der Waals surface area contributed by atoms with E-state index in [0.29, 0.717) is 22.5 Å². The fourth-order valence-electron chi connectivity index (χ4n) is 2.26. The van der Waals surface area contributed by atoms with Gasteiger partial charge in [-0.1, -0.05) is 15.9 Å². The summed E-state index contributed by atoms with van der Waals surface area (Å²) in [6.07, 6.45) is 1.59. The Kier molecular flexibility index (Phi) is 2.34. The van der Waals surface area contributed by atoms with Crippen LogP contribution in [0.2, 0.25) is 0 Å². The van der Waals surface area contributed by atoms with Gasteiger partial charge in [-0.15, -0.1) is 0 Å². The molecule has 0 aliphatic heterocycles. The highest BCUT2D eigenvalue weighted by molar-refractivity contribution is 9.10. The van der Waals surface area contributed by atoms with Crippen molar-refractivity contribution in [1.82, 2.24) is 14.6 Å². The summed E-state index contributed by atoms with van der Waals surface area (Å²) >= 11 is 3.37. The molecule has 4 rings (SSSR count). The number of furan rings is 1. The maximum absolute atomic E-state index is 12.1. The highest BCUT2D eigenvalue weighted by Crippen LogP contribution is 2.22. The second kappa shape index (κ2) is 4.08. The first-order valence-electron chi connectivity index (χ1n) is 5.97. The second-order valence-corrected chi connectivity index (χ2v) is 5.34. The number of fused-ring (bicyclic) bond motifs is 3. The molecular weight excluding hydrogens is 322 g/mol. The molecule has 1 N–H and O–H groups in total. The Bertz CT molecular complexity index is 983. The van der Waals surface area contributed by atoms with Crippen LogP contribution in [-0.4, -0.2) is 14.6 Å². The third-order valence-corrected chi connectivity index (χ3v) is 3.65. The maximum Gasteiger partial charge on any atom is 0.259 e. The van der Waals surface area contributed by atoms with Crippen molar-refractivity contribution in [3.8, 4) is 11.5 Å². The average Bonchev–Trinajstić information content (AvgIpc) is 3.06. The Morgan fingerprint density at radius 1 is 1.25 bits per heavy atom. The first-order chi connectivity index (χ1) is 9.72.